The van der Waals surface area contributed by atoms with Gasteiger partial charge in [-0.1, -0.05) is 50.7 Å². The van der Waals surface area contributed by atoms with Crippen LogP contribution < -0.4 is 10.5 Å². The Kier molecular flexibility index (Phi) is 5.54. The van der Waals surface area contributed by atoms with Crippen LogP contribution in [-0.2, 0) is 10.0 Å². The van der Waals surface area contributed by atoms with Crippen LogP contribution in [0.2, 0.25) is 5.02 Å². The molecule has 0 aromatic heterocycles. The number of hydrogen-bond acceptors (Lipinski definition) is 3. The molecule has 0 spiro atoms. The topological polar surface area (TPSA) is 72.2 Å². The third kappa shape index (κ3) is 4.41. The first-order valence-electron chi connectivity index (χ1n) is 6.18. The maximum Gasteiger partial charge on any atom is 0.242 e. The second-order valence-electron chi connectivity index (χ2n) is 5.35. The molecule has 0 bridgehead atoms. The fraction of sp³-hybridized carbons (Fsp3) is 0.462. The van der Waals surface area contributed by atoms with Gasteiger partial charge in [0.1, 0.15) is 9.88 Å². The third-order valence-corrected chi connectivity index (χ3v) is 5.32. The van der Waals surface area contributed by atoms with Crippen molar-refractivity contribution in [3.05, 3.63) is 28.8 Å². The number of nitrogens with one attached hydrogen (secondary N) is 1. The van der Waals surface area contributed by atoms with Crippen LogP contribution in [0.4, 0.5) is 0 Å². The van der Waals surface area contributed by atoms with Crippen molar-refractivity contribution in [2.24, 2.45) is 11.1 Å². The average Bonchev–Trinajstić information content (AvgIpc) is 2.37. The molecule has 0 atom stereocenters. The number of halogens is 1. The zero-order valence-corrected chi connectivity index (χ0v) is 14.1. The summed E-state index contributed by atoms with van der Waals surface area (Å²) in [6.07, 6.45) is 0.857. The highest BCUT2D eigenvalue weighted by molar-refractivity contribution is 7.89. The Bertz CT molecular complexity index is 613. The van der Waals surface area contributed by atoms with E-state index in [9.17, 15) is 8.42 Å². The van der Waals surface area contributed by atoms with E-state index in [1.165, 1.54) is 12.1 Å². The van der Waals surface area contributed by atoms with E-state index < -0.39 is 10.0 Å². The van der Waals surface area contributed by atoms with E-state index in [0.717, 1.165) is 6.42 Å². The van der Waals surface area contributed by atoms with Crippen LogP contribution >= 0.6 is 23.8 Å². The van der Waals surface area contributed by atoms with Crippen molar-refractivity contribution in [1.82, 2.24) is 4.72 Å². The van der Waals surface area contributed by atoms with Gasteiger partial charge in [0.2, 0.25) is 10.0 Å². The molecular weight excluding hydrogens is 316 g/mol. The lowest BCUT2D eigenvalue weighted by atomic mass is 9.91. The molecule has 7 heteroatoms. The highest BCUT2D eigenvalue weighted by Gasteiger charge is 2.23. The van der Waals surface area contributed by atoms with E-state index in [0.29, 0.717) is 12.1 Å². The molecule has 0 saturated carbocycles. The lowest BCUT2D eigenvalue weighted by Gasteiger charge is -2.23. The second kappa shape index (κ2) is 6.39. The summed E-state index contributed by atoms with van der Waals surface area (Å²) in [5.74, 6) is 0. The number of sulfonamides is 1. The van der Waals surface area contributed by atoms with E-state index in [1.54, 1.807) is 6.07 Å². The van der Waals surface area contributed by atoms with Gasteiger partial charge in [0, 0.05) is 12.1 Å². The van der Waals surface area contributed by atoms with Crippen molar-refractivity contribution in [1.29, 1.82) is 0 Å². The maximum atomic E-state index is 12.3. The fourth-order valence-corrected chi connectivity index (χ4v) is 3.25. The minimum atomic E-state index is -3.69. The number of hydrogen-bond donors (Lipinski definition) is 2. The Hall–Kier alpha value is -0.690. The van der Waals surface area contributed by atoms with Gasteiger partial charge in [-0.25, -0.2) is 13.1 Å². The minimum absolute atomic E-state index is 0.00336. The fourth-order valence-electron chi connectivity index (χ4n) is 1.36. The highest BCUT2D eigenvalue weighted by Crippen LogP contribution is 2.24. The largest absolute Gasteiger partial charge is 0.389 e. The first-order chi connectivity index (χ1) is 9.09. The number of nitrogens with two attached hydrogens (primary N) is 1. The highest BCUT2D eigenvalue weighted by atomic mass is 35.5. The van der Waals surface area contributed by atoms with Gasteiger partial charge >= 0.3 is 0 Å². The van der Waals surface area contributed by atoms with Gasteiger partial charge in [0.15, 0.2) is 0 Å². The van der Waals surface area contributed by atoms with Gasteiger partial charge < -0.3 is 5.73 Å². The summed E-state index contributed by atoms with van der Waals surface area (Å²) in [4.78, 5) is 0.128. The minimum Gasteiger partial charge on any atom is -0.389 e. The van der Waals surface area contributed by atoms with E-state index in [-0.39, 0.29) is 20.3 Å². The van der Waals surface area contributed by atoms with Crippen LogP contribution in [0.5, 0.6) is 0 Å². The van der Waals surface area contributed by atoms with Crippen LogP contribution in [0.1, 0.15) is 32.8 Å². The molecule has 0 saturated heterocycles. The quantitative estimate of drug-likeness (QED) is 0.784. The van der Waals surface area contributed by atoms with Crippen molar-refractivity contribution in [2.45, 2.75) is 32.1 Å². The second-order valence-corrected chi connectivity index (χ2v) is 7.93. The molecular formula is C13H19ClN2O2S2. The molecule has 1 aromatic rings. The standard InChI is InChI=1S/C13H19ClN2O2S2/c1-4-13(2,3)8-16-20(17,18)11-7-9(12(15)19)5-6-10(11)14/h5-7,16H,4,8H2,1-3H3,(H2,15,19). The van der Waals surface area contributed by atoms with Gasteiger partial charge in [-0.3, -0.25) is 0 Å². The van der Waals surface area contributed by atoms with E-state index in [1.807, 2.05) is 20.8 Å². The molecule has 1 aromatic carbocycles. The first kappa shape index (κ1) is 17.4. The van der Waals surface area contributed by atoms with Crippen molar-refractivity contribution < 1.29 is 8.42 Å². The first-order valence-corrected chi connectivity index (χ1v) is 8.45. The summed E-state index contributed by atoms with van der Waals surface area (Å²) < 4.78 is 27.2. The van der Waals surface area contributed by atoms with Crippen LogP contribution in [0.15, 0.2) is 23.1 Å². The summed E-state index contributed by atoms with van der Waals surface area (Å²) in [7, 11) is -3.69. The summed E-state index contributed by atoms with van der Waals surface area (Å²) in [6.45, 7) is 6.32. The summed E-state index contributed by atoms with van der Waals surface area (Å²) in [5.41, 5.74) is 5.86. The van der Waals surface area contributed by atoms with Crippen LogP contribution in [0.25, 0.3) is 0 Å². The normalized spacial score (nSPS) is 12.4. The monoisotopic (exact) mass is 334 g/mol. The van der Waals surface area contributed by atoms with Crippen molar-refractivity contribution >= 4 is 38.8 Å². The van der Waals surface area contributed by atoms with E-state index >= 15 is 0 Å². The Balaban J connectivity index is 3.09. The van der Waals surface area contributed by atoms with Crippen LogP contribution in [0, 0.1) is 5.41 Å². The molecule has 4 nitrogen and oxygen atoms in total. The predicted molar refractivity (Wildman–Crippen MR) is 86.6 cm³/mol. The van der Waals surface area contributed by atoms with Gasteiger partial charge in [-0.05, 0) is 24.0 Å². The molecule has 0 aliphatic carbocycles. The van der Waals surface area contributed by atoms with Crippen LogP contribution in [-0.4, -0.2) is 20.0 Å². The SMILES string of the molecule is CCC(C)(C)CNS(=O)(=O)c1cc(C(N)=S)ccc1Cl. The van der Waals surface area contributed by atoms with Crippen LogP contribution in [0.3, 0.4) is 0 Å². The molecule has 3 N–H and O–H groups in total. The molecule has 0 radical (unpaired) electrons. The number of thiocarbonyl (C=S) groups is 1. The summed E-state index contributed by atoms with van der Waals surface area (Å²) in [6, 6.07) is 4.47. The molecule has 0 amide bonds. The zero-order valence-electron chi connectivity index (χ0n) is 11.7. The smallest absolute Gasteiger partial charge is 0.242 e. The van der Waals surface area contributed by atoms with E-state index in [2.05, 4.69) is 4.72 Å². The predicted octanol–water partition coefficient (Wildman–Crippen LogP) is 2.69. The lowest BCUT2D eigenvalue weighted by molar-refractivity contribution is 0.350. The van der Waals surface area contributed by atoms with E-state index in [4.69, 9.17) is 29.6 Å². The molecule has 0 aliphatic heterocycles. The molecule has 0 aliphatic rings. The molecule has 112 valence electrons. The van der Waals surface area contributed by atoms with Gasteiger partial charge in [-0.15, -0.1) is 0 Å². The molecule has 0 fully saturated rings. The van der Waals surface area contributed by atoms with Gasteiger partial charge in [-0.2, -0.15) is 0 Å². The number of benzene rings is 1. The maximum absolute atomic E-state index is 12.3. The summed E-state index contributed by atoms with van der Waals surface area (Å²) in [5, 5.41) is 0.145. The van der Waals surface area contributed by atoms with Gasteiger partial charge in [0.25, 0.3) is 0 Å². The molecule has 0 heterocycles. The molecule has 0 unspecified atom stereocenters. The van der Waals surface area contributed by atoms with Crippen molar-refractivity contribution in [2.75, 3.05) is 6.54 Å². The van der Waals surface area contributed by atoms with Gasteiger partial charge in [0.05, 0.1) is 5.02 Å². The Morgan fingerprint density at radius 3 is 2.55 bits per heavy atom. The Morgan fingerprint density at radius 1 is 1.45 bits per heavy atom. The Morgan fingerprint density at radius 2 is 2.05 bits per heavy atom. The van der Waals surface area contributed by atoms with Crippen molar-refractivity contribution in [3.8, 4) is 0 Å². The molecule has 20 heavy (non-hydrogen) atoms. The zero-order chi connectivity index (χ0) is 15.6. The third-order valence-electron chi connectivity index (χ3n) is 3.20. The molecule has 1 rings (SSSR count). The van der Waals surface area contributed by atoms with Crippen molar-refractivity contribution in [3.63, 3.8) is 0 Å². The number of rotatable bonds is 6. The average molecular weight is 335 g/mol. The Labute approximate surface area is 130 Å². The summed E-state index contributed by atoms with van der Waals surface area (Å²) >= 11 is 10.8. The lowest BCUT2D eigenvalue weighted by Crippen LogP contribution is -2.33.